The average Bonchev–Trinajstić information content (AvgIpc) is 2.74. The van der Waals surface area contributed by atoms with E-state index in [9.17, 15) is 14.3 Å². The van der Waals surface area contributed by atoms with Gasteiger partial charge in [0.05, 0.1) is 11.3 Å². The lowest BCUT2D eigenvalue weighted by molar-refractivity contribution is -0.114. The largest absolute Gasteiger partial charge is 0.506 e. The van der Waals surface area contributed by atoms with Crippen molar-refractivity contribution in [1.29, 1.82) is 5.26 Å². The Balaban J connectivity index is 2.07. The molecule has 0 radical (unpaired) electrons. The normalized spacial score (nSPS) is 18.0. The van der Waals surface area contributed by atoms with Crippen LogP contribution in [0.4, 0.5) is 10.1 Å². The number of phenolic OH excluding ortho intramolecular Hbond substituents is 1. The van der Waals surface area contributed by atoms with Crippen molar-refractivity contribution >= 4 is 11.6 Å². The van der Waals surface area contributed by atoms with E-state index in [2.05, 4.69) is 6.58 Å². The number of amides is 1. The molecule has 106 valence electrons. The van der Waals surface area contributed by atoms with E-state index in [4.69, 9.17) is 5.26 Å². The third-order valence-electron chi connectivity index (χ3n) is 3.97. The van der Waals surface area contributed by atoms with Crippen molar-refractivity contribution in [3.63, 3.8) is 0 Å². The number of carbonyl (C=O) groups is 1. The summed E-state index contributed by atoms with van der Waals surface area (Å²) in [5.41, 5.74) is 1.82. The molecule has 0 saturated carbocycles. The lowest BCUT2D eigenvalue weighted by atomic mass is 9.93. The van der Waals surface area contributed by atoms with Crippen molar-refractivity contribution in [2.75, 3.05) is 4.90 Å². The molecule has 2 aliphatic rings. The molecule has 1 aromatic rings. The van der Waals surface area contributed by atoms with E-state index in [1.165, 1.54) is 4.90 Å². The monoisotopic (exact) mass is 284 g/mol. The first-order chi connectivity index (χ1) is 10.0. The van der Waals surface area contributed by atoms with Crippen molar-refractivity contribution in [3.8, 4) is 11.8 Å². The Kier molecular flexibility index (Phi) is 3.02. The number of hydrogen-bond acceptors (Lipinski definition) is 3. The maximum absolute atomic E-state index is 14.2. The Morgan fingerprint density at radius 1 is 1.29 bits per heavy atom. The number of nitriles is 1. The number of halogens is 1. The van der Waals surface area contributed by atoms with E-state index >= 15 is 0 Å². The summed E-state index contributed by atoms with van der Waals surface area (Å²) < 4.78 is 14.2. The van der Waals surface area contributed by atoms with E-state index < -0.39 is 5.82 Å². The summed E-state index contributed by atoms with van der Waals surface area (Å²) in [4.78, 5) is 13.7. The van der Waals surface area contributed by atoms with Crippen LogP contribution in [0.25, 0.3) is 0 Å². The fourth-order valence-electron chi connectivity index (χ4n) is 2.92. The molecule has 3 rings (SSSR count). The molecule has 1 heterocycles. The van der Waals surface area contributed by atoms with Crippen LogP contribution in [0.2, 0.25) is 0 Å². The molecule has 1 N–H and O–H groups in total. The Bertz CT molecular complexity index is 715. The van der Waals surface area contributed by atoms with Gasteiger partial charge in [-0.05, 0) is 37.3 Å². The minimum Gasteiger partial charge on any atom is -0.506 e. The van der Waals surface area contributed by atoms with E-state index in [0.29, 0.717) is 17.7 Å². The summed E-state index contributed by atoms with van der Waals surface area (Å²) in [5, 5.41) is 18.5. The second-order valence-electron chi connectivity index (χ2n) is 5.18. The highest BCUT2D eigenvalue weighted by Gasteiger charge is 2.37. The standard InChI is InChI=1S/C16H13FN2O2/c1-9-11-4-2-3-5-12(11)16(21)19(9)14-7-15(20)10(8-18)6-13(14)17/h6-7,20H,1-5H2. The van der Waals surface area contributed by atoms with Crippen molar-refractivity contribution in [2.45, 2.75) is 25.7 Å². The lowest BCUT2D eigenvalue weighted by Crippen LogP contribution is -2.26. The first-order valence-corrected chi connectivity index (χ1v) is 6.73. The number of anilines is 1. The highest BCUT2D eigenvalue weighted by molar-refractivity contribution is 6.13. The summed E-state index contributed by atoms with van der Waals surface area (Å²) in [6, 6.07) is 3.74. The van der Waals surface area contributed by atoms with Crippen LogP contribution in [0, 0.1) is 17.1 Å². The summed E-state index contributed by atoms with van der Waals surface area (Å²) in [6.07, 6.45) is 3.36. The lowest BCUT2D eigenvalue weighted by Gasteiger charge is -2.20. The third kappa shape index (κ3) is 1.91. The molecule has 0 fully saturated rings. The van der Waals surface area contributed by atoms with Crippen molar-refractivity contribution < 1.29 is 14.3 Å². The van der Waals surface area contributed by atoms with Gasteiger partial charge in [0.25, 0.3) is 5.91 Å². The zero-order valence-corrected chi connectivity index (χ0v) is 11.3. The Morgan fingerprint density at radius 2 is 1.95 bits per heavy atom. The molecule has 4 nitrogen and oxygen atoms in total. The summed E-state index contributed by atoms with van der Waals surface area (Å²) in [7, 11) is 0. The molecule has 21 heavy (non-hydrogen) atoms. The molecule has 0 unspecified atom stereocenters. The maximum Gasteiger partial charge on any atom is 0.259 e. The molecular weight excluding hydrogens is 271 g/mol. The second-order valence-corrected chi connectivity index (χ2v) is 5.18. The van der Waals surface area contributed by atoms with Gasteiger partial charge in [0.15, 0.2) is 0 Å². The summed E-state index contributed by atoms with van der Waals surface area (Å²) in [6.45, 7) is 3.89. The minimum absolute atomic E-state index is 0.0594. The quantitative estimate of drug-likeness (QED) is 0.861. The second kappa shape index (κ2) is 4.74. The topological polar surface area (TPSA) is 64.3 Å². The van der Waals surface area contributed by atoms with E-state index in [1.54, 1.807) is 6.07 Å². The smallest absolute Gasteiger partial charge is 0.259 e. The number of aromatic hydroxyl groups is 1. The molecule has 1 aliphatic carbocycles. The first-order valence-electron chi connectivity index (χ1n) is 6.73. The van der Waals surface area contributed by atoms with E-state index in [-0.39, 0.29) is 22.9 Å². The third-order valence-corrected chi connectivity index (χ3v) is 3.97. The SMILES string of the molecule is C=C1C2=C(CCCC2)C(=O)N1c1cc(O)c(C#N)cc1F. The molecular formula is C16H13FN2O2. The van der Waals surface area contributed by atoms with Gasteiger partial charge in [-0.15, -0.1) is 0 Å². The predicted octanol–water partition coefficient (Wildman–Crippen LogP) is 3.13. The van der Waals surface area contributed by atoms with Gasteiger partial charge in [-0.1, -0.05) is 6.58 Å². The van der Waals surface area contributed by atoms with E-state index in [1.807, 2.05) is 0 Å². The first kappa shape index (κ1) is 13.4. The van der Waals surface area contributed by atoms with Crippen LogP contribution in [0.15, 0.2) is 35.6 Å². The van der Waals surface area contributed by atoms with Crippen LogP contribution in [0.1, 0.15) is 31.2 Å². The van der Waals surface area contributed by atoms with Crippen LogP contribution in [0.5, 0.6) is 5.75 Å². The number of hydrogen-bond donors (Lipinski definition) is 1. The Labute approximate surface area is 121 Å². The zero-order valence-electron chi connectivity index (χ0n) is 11.3. The van der Waals surface area contributed by atoms with E-state index in [0.717, 1.165) is 37.0 Å². The molecule has 5 heteroatoms. The predicted molar refractivity (Wildman–Crippen MR) is 74.9 cm³/mol. The Morgan fingerprint density at radius 3 is 2.57 bits per heavy atom. The number of allylic oxidation sites excluding steroid dienone is 1. The van der Waals surface area contributed by atoms with Gasteiger partial charge in [0.1, 0.15) is 17.6 Å². The number of rotatable bonds is 1. The minimum atomic E-state index is -0.723. The number of carbonyl (C=O) groups excluding carboxylic acids is 1. The summed E-state index contributed by atoms with van der Waals surface area (Å²) in [5.74, 6) is -1.35. The van der Waals surface area contributed by atoms with Gasteiger partial charge in [-0.25, -0.2) is 4.39 Å². The highest BCUT2D eigenvalue weighted by atomic mass is 19.1. The average molecular weight is 284 g/mol. The fraction of sp³-hybridized carbons (Fsp3) is 0.250. The molecule has 0 aromatic heterocycles. The van der Waals surface area contributed by atoms with Crippen molar-refractivity contribution in [2.24, 2.45) is 0 Å². The molecule has 0 spiro atoms. The van der Waals surface area contributed by atoms with Crippen LogP contribution in [0.3, 0.4) is 0 Å². The molecule has 0 saturated heterocycles. The number of nitrogens with zero attached hydrogens (tertiary/aromatic N) is 2. The molecule has 1 aromatic carbocycles. The fourth-order valence-corrected chi connectivity index (χ4v) is 2.92. The summed E-state index contributed by atoms with van der Waals surface area (Å²) >= 11 is 0. The maximum atomic E-state index is 14.2. The molecule has 1 aliphatic heterocycles. The van der Waals surface area contributed by atoms with Crippen molar-refractivity contribution in [3.05, 3.63) is 46.9 Å². The Hall–Kier alpha value is -2.61. The highest BCUT2D eigenvalue weighted by Crippen LogP contribution is 2.42. The zero-order chi connectivity index (χ0) is 15.1. The van der Waals surface area contributed by atoms with Gasteiger partial charge < -0.3 is 5.11 Å². The molecule has 0 atom stereocenters. The van der Waals surface area contributed by atoms with Gasteiger partial charge >= 0.3 is 0 Å². The van der Waals surface area contributed by atoms with Gasteiger partial charge in [0.2, 0.25) is 0 Å². The molecule has 0 bridgehead atoms. The van der Waals surface area contributed by atoms with Crippen LogP contribution in [-0.2, 0) is 4.79 Å². The van der Waals surface area contributed by atoms with Crippen LogP contribution >= 0.6 is 0 Å². The van der Waals surface area contributed by atoms with Gasteiger partial charge in [-0.2, -0.15) is 5.26 Å². The van der Waals surface area contributed by atoms with Gasteiger partial charge in [-0.3, -0.25) is 9.69 Å². The molecule has 1 amide bonds. The number of benzene rings is 1. The van der Waals surface area contributed by atoms with Crippen LogP contribution in [-0.4, -0.2) is 11.0 Å². The van der Waals surface area contributed by atoms with Gasteiger partial charge in [0, 0.05) is 17.3 Å². The van der Waals surface area contributed by atoms with Crippen molar-refractivity contribution in [1.82, 2.24) is 0 Å². The number of phenols is 1. The van der Waals surface area contributed by atoms with Crippen LogP contribution < -0.4 is 4.90 Å².